The average molecular weight is 504 g/mol. The van der Waals surface area contributed by atoms with Crippen molar-refractivity contribution in [3.8, 4) is 0 Å². The van der Waals surface area contributed by atoms with E-state index in [0.29, 0.717) is 18.7 Å². The zero-order valence-electron chi connectivity index (χ0n) is 18.1. The molecule has 1 aromatic heterocycles. The Morgan fingerprint density at radius 3 is 2.32 bits per heavy atom. The third-order valence-corrected chi connectivity index (χ3v) is 5.50. The fraction of sp³-hybridized carbons (Fsp3) is 0.850. The first-order chi connectivity index (χ1) is 12.8. The van der Waals surface area contributed by atoms with Gasteiger partial charge in [0.2, 0.25) is 0 Å². The Bertz CT molecular complexity index is 640. The number of piperidine rings is 1. The summed E-state index contributed by atoms with van der Waals surface area (Å²) in [6, 6.07) is 0.550. The molecule has 7 nitrogen and oxygen atoms in total. The quantitative estimate of drug-likeness (QED) is 0.387. The molecule has 2 aliphatic rings. The molecule has 160 valence electrons. The summed E-state index contributed by atoms with van der Waals surface area (Å²) in [5.74, 6) is 2.85. The van der Waals surface area contributed by atoms with Crippen LogP contribution in [0.15, 0.2) is 4.99 Å². The van der Waals surface area contributed by atoms with Gasteiger partial charge in [-0.15, -0.1) is 34.2 Å². The number of rotatable bonds is 4. The zero-order chi connectivity index (χ0) is 19.4. The number of ether oxygens (including phenoxy) is 1. The summed E-state index contributed by atoms with van der Waals surface area (Å²) in [6.45, 7) is 10.9. The first-order valence-corrected chi connectivity index (χ1v) is 10.4. The Hall–Kier alpha value is -0.900. The van der Waals surface area contributed by atoms with Gasteiger partial charge in [0.15, 0.2) is 11.8 Å². The molecule has 1 N–H and O–H groups in total. The second-order valence-corrected chi connectivity index (χ2v) is 8.90. The Labute approximate surface area is 186 Å². The number of hydrogen-bond acceptors (Lipinski definition) is 4. The number of guanidine groups is 1. The third-order valence-electron chi connectivity index (χ3n) is 5.50. The molecule has 1 aromatic rings. The van der Waals surface area contributed by atoms with Crippen molar-refractivity contribution in [1.82, 2.24) is 25.0 Å². The van der Waals surface area contributed by atoms with E-state index in [1.54, 1.807) is 0 Å². The van der Waals surface area contributed by atoms with E-state index in [0.717, 1.165) is 43.5 Å². The van der Waals surface area contributed by atoms with Gasteiger partial charge in [-0.25, -0.2) is 4.99 Å². The van der Waals surface area contributed by atoms with Crippen molar-refractivity contribution in [3.63, 3.8) is 0 Å². The maximum absolute atomic E-state index is 6.18. The molecular formula is C20H37IN6O. The Morgan fingerprint density at radius 1 is 1.14 bits per heavy atom. The average Bonchev–Trinajstić information content (AvgIpc) is 3.22. The lowest BCUT2D eigenvalue weighted by molar-refractivity contribution is -0.0773. The summed E-state index contributed by atoms with van der Waals surface area (Å²) < 4.78 is 8.19. The van der Waals surface area contributed by atoms with Crippen LogP contribution in [0.2, 0.25) is 0 Å². The van der Waals surface area contributed by atoms with Gasteiger partial charge in [-0.05, 0) is 53.4 Å². The van der Waals surface area contributed by atoms with Gasteiger partial charge < -0.3 is 19.5 Å². The van der Waals surface area contributed by atoms with Gasteiger partial charge in [-0.3, -0.25) is 0 Å². The van der Waals surface area contributed by atoms with Crippen LogP contribution in [-0.2, 0) is 18.3 Å². The van der Waals surface area contributed by atoms with Crippen LogP contribution in [0.25, 0.3) is 0 Å². The molecular weight excluding hydrogens is 467 g/mol. The van der Waals surface area contributed by atoms with Crippen LogP contribution in [0.3, 0.4) is 0 Å². The van der Waals surface area contributed by atoms with Crippen LogP contribution in [0.5, 0.6) is 0 Å². The molecule has 2 fully saturated rings. The van der Waals surface area contributed by atoms with Crippen molar-refractivity contribution < 1.29 is 4.74 Å². The van der Waals surface area contributed by atoms with Crippen LogP contribution < -0.4 is 5.32 Å². The molecule has 2 heterocycles. The molecule has 0 radical (unpaired) electrons. The summed E-state index contributed by atoms with van der Waals surface area (Å²) in [7, 11) is 2.00. The zero-order valence-corrected chi connectivity index (χ0v) is 20.4. The van der Waals surface area contributed by atoms with E-state index >= 15 is 0 Å². The van der Waals surface area contributed by atoms with E-state index in [1.807, 2.05) is 18.5 Å². The second-order valence-electron chi connectivity index (χ2n) is 8.90. The molecule has 1 saturated heterocycles. The minimum atomic E-state index is -0.0745. The van der Waals surface area contributed by atoms with E-state index in [4.69, 9.17) is 9.73 Å². The Morgan fingerprint density at radius 2 is 1.79 bits per heavy atom. The Kier molecular flexibility index (Phi) is 8.54. The fourth-order valence-corrected chi connectivity index (χ4v) is 3.91. The van der Waals surface area contributed by atoms with Crippen molar-refractivity contribution in [3.05, 3.63) is 11.6 Å². The summed E-state index contributed by atoms with van der Waals surface area (Å²) in [6.07, 6.45) is 7.55. The summed E-state index contributed by atoms with van der Waals surface area (Å²) in [5.41, 5.74) is -0.0745. The van der Waals surface area contributed by atoms with E-state index in [2.05, 4.69) is 41.2 Å². The van der Waals surface area contributed by atoms with Crippen LogP contribution >= 0.6 is 24.0 Å². The molecule has 0 spiro atoms. The SMILES string of the molecule is Cc1nnc(CN=C(NC2CCCC2)N2CCC(OC(C)(C)C)CC2)n1C.I. The van der Waals surface area contributed by atoms with E-state index in [-0.39, 0.29) is 29.6 Å². The van der Waals surface area contributed by atoms with Crippen LogP contribution in [0.1, 0.15) is 70.9 Å². The predicted octanol–water partition coefficient (Wildman–Crippen LogP) is 3.41. The number of likely N-dealkylation sites (tertiary alicyclic amines) is 1. The van der Waals surface area contributed by atoms with Gasteiger partial charge in [-0.2, -0.15) is 0 Å². The topological polar surface area (TPSA) is 67.6 Å². The lowest BCUT2D eigenvalue weighted by Gasteiger charge is -2.37. The molecule has 0 unspecified atom stereocenters. The number of hydrogen-bond donors (Lipinski definition) is 1. The first-order valence-electron chi connectivity index (χ1n) is 10.4. The summed E-state index contributed by atoms with van der Waals surface area (Å²) >= 11 is 0. The van der Waals surface area contributed by atoms with Gasteiger partial charge in [-0.1, -0.05) is 12.8 Å². The largest absolute Gasteiger partial charge is 0.372 e. The highest BCUT2D eigenvalue weighted by Gasteiger charge is 2.27. The van der Waals surface area contributed by atoms with Gasteiger partial charge in [0, 0.05) is 26.2 Å². The molecule has 1 aliphatic carbocycles. The van der Waals surface area contributed by atoms with Crippen molar-refractivity contribution in [2.45, 2.75) is 90.5 Å². The van der Waals surface area contributed by atoms with E-state index in [1.165, 1.54) is 25.7 Å². The maximum atomic E-state index is 6.18. The summed E-state index contributed by atoms with van der Waals surface area (Å²) in [5, 5.41) is 12.1. The normalized spacial score (nSPS) is 19.8. The predicted molar refractivity (Wildman–Crippen MR) is 123 cm³/mol. The van der Waals surface area contributed by atoms with Gasteiger partial charge in [0.25, 0.3) is 0 Å². The molecule has 3 rings (SSSR count). The number of halogens is 1. The molecule has 1 saturated carbocycles. The highest BCUT2D eigenvalue weighted by molar-refractivity contribution is 14.0. The number of aromatic nitrogens is 3. The summed E-state index contributed by atoms with van der Waals surface area (Å²) in [4.78, 5) is 7.32. The number of aliphatic imine (C=N–C) groups is 1. The third kappa shape index (κ3) is 6.57. The van der Waals surface area contributed by atoms with Crippen molar-refractivity contribution in [1.29, 1.82) is 0 Å². The fourth-order valence-electron chi connectivity index (χ4n) is 3.91. The smallest absolute Gasteiger partial charge is 0.194 e. The molecule has 8 heteroatoms. The van der Waals surface area contributed by atoms with Crippen LogP contribution in [0.4, 0.5) is 0 Å². The maximum Gasteiger partial charge on any atom is 0.194 e. The highest BCUT2D eigenvalue weighted by Crippen LogP contribution is 2.22. The van der Waals surface area contributed by atoms with Crippen molar-refractivity contribution in [2.75, 3.05) is 13.1 Å². The molecule has 0 aromatic carbocycles. The lowest BCUT2D eigenvalue weighted by Crippen LogP contribution is -2.50. The van der Waals surface area contributed by atoms with Crippen LogP contribution in [-0.4, -0.2) is 56.5 Å². The van der Waals surface area contributed by atoms with Crippen molar-refractivity contribution >= 4 is 29.9 Å². The number of aryl methyl sites for hydroxylation is 1. The second kappa shape index (κ2) is 10.2. The highest BCUT2D eigenvalue weighted by atomic mass is 127. The lowest BCUT2D eigenvalue weighted by atomic mass is 10.1. The standard InChI is InChI=1S/C20H36N6O.HI/c1-15-23-24-18(25(15)5)14-21-19(22-16-8-6-7-9-16)26-12-10-17(11-13-26)27-20(2,3)4;/h16-17H,6-14H2,1-5H3,(H,21,22);1H. The minimum absolute atomic E-state index is 0. The van der Waals surface area contributed by atoms with Gasteiger partial charge in [0.05, 0.1) is 11.7 Å². The van der Waals surface area contributed by atoms with Crippen LogP contribution in [0, 0.1) is 6.92 Å². The monoisotopic (exact) mass is 504 g/mol. The molecule has 0 amide bonds. The first kappa shape index (κ1) is 23.4. The molecule has 28 heavy (non-hydrogen) atoms. The molecule has 0 atom stereocenters. The minimum Gasteiger partial charge on any atom is -0.372 e. The van der Waals surface area contributed by atoms with Gasteiger partial charge >= 0.3 is 0 Å². The number of nitrogens with one attached hydrogen (secondary N) is 1. The molecule has 0 bridgehead atoms. The molecule has 1 aliphatic heterocycles. The van der Waals surface area contributed by atoms with E-state index < -0.39 is 0 Å². The van der Waals surface area contributed by atoms with Crippen molar-refractivity contribution in [2.24, 2.45) is 12.0 Å². The van der Waals surface area contributed by atoms with E-state index in [9.17, 15) is 0 Å². The van der Waals surface area contributed by atoms with Gasteiger partial charge in [0.1, 0.15) is 12.4 Å². The number of nitrogens with zero attached hydrogens (tertiary/aromatic N) is 5. The Balaban J connectivity index is 0.00000280.